The molecule has 0 heterocycles. The molecule has 2 atom stereocenters. The van der Waals surface area contributed by atoms with Gasteiger partial charge in [-0.25, -0.2) is 0 Å². The summed E-state index contributed by atoms with van der Waals surface area (Å²) in [5, 5.41) is 0. The normalized spacial score (nSPS) is 14.8. The molecule has 0 fully saturated rings. The molecule has 0 aromatic heterocycles. The second-order valence-corrected chi connectivity index (χ2v) is 4.84. The highest BCUT2D eigenvalue weighted by molar-refractivity contribution is 5.26. The highest BCUT2D eigenvalue weighted by Crippen LogP contribution is 2.24. The fourth-order valence-electron chi connectivity index (χ4n) is 2.40. The van der Waals surface area contributed by atoms with Gasteiger partial charge in [0.05, 0.1) is 6.61 Å². The predicted molar refractivity (Wildman–Crippen MR) is 76.7 cm³/mol. The Labute approximate surface area is 111 Å². The van der Waals surface area contributed by atoms with Crippen LogP contribution in [0.25, 0.3) is 0 Å². The van der Waals surface area contributed by atoms with Crippen LogP contribution in [-0.4, -0.2) is 37.7 Å². The lowest BCUT2D eigenvalue weighted by atomic mass is 9.97. The summed E-state index contributed by atoms with van der Waals surface area (Å²) in [5.41, 5.74) is 8.76. The van der Waals surface area contributed by atoms with Crippen LogP contribution in [0.15, 0.2) is 24.3 Å². The van der Waals surface area contributed by atoms with Gasteiger partial charge in [-0.1, -0.05) is 36.8 Å². The first-order valence-corrected chi connectivity index (χ1v) is 6.65. The summed E-state index contributed by atoms with van der Waals surface area (Å²) >= 11 is 0. The molecule has 0 spiro atoms. The fraction of sp³-hybridized carbons (Fsp3) is 0.600. The molecule has 1 aromatic rings. The van der Waals surface area contributed by atoms with Gasteiger partial charge in [-0.05, 0) is 26.0 Å². The Morgan fingerprint density at radius 3 is 2.61 bits per heavy atom. The number of rotatable bonds is 7. The third-order valence-electron chi connectivity index (χ3n) is 3.26. The van der Waals surface area contributed by atoms with E-state index in [0.29, 0.717) is 0 Å². The SMILES string of the molecule is CCN(CCOC)C(c1cccc(C)c1)C(C)N. The summed E-state index contributed by atoms with van der Waals surface area (Å²) < 4.78 is 5.18. The van der Waals surface area contributed by atoms with Crippen LogP contribution < -0.4 is 5.73 Å². The monoisotopic (exact) mass is 250 g/mol. The Morgan fingerprint density at radius 2 is 2.11 bits per heavy atom. The molecule has 0 amide bonds. The zero-order valence-electron chi connectivity index (χ0n) is 12.0. The van der Waals surface area contributed by atoms with Gasteiger partial charge in [0.1, 0.15) is 0 Å². The Kier molecular flexibility index (Phi) is 6.33. The maximum absolute atomic E-state index is 6.18. The number of hydrogen-bond donors (Lipinski definition) is 1. The molecule has 0 aliphatic rings. The molecule has 0 radical (unpaired) electrons. The van der Waals surface area contributed by atoms with Crippen LogP contribution in [0.3, 0.4) is 0 Å². The van der Waals surface area contributed by atoms with Crippen molar-refractivity contribution in [1.82, 2.24) is 4.90 Å². The van der Waals surface area contributed by atoms with Gasteiger partial charge in [-0.15, -0.1) is 0 Å². The van der Waals surface area contributed by atoms with Gasteiger partial charge in [0.2, 0.25) is 0 Å². The Balaban J connectivity index is 2.93. The number of benzene rings is 1. The molecule has 3 heteroatoms. The van der Waals surface area contributed by atoms with Crippen molar-refractivity contribution >= 4 is 0 Å². The predicted octanol–water partition coefficient (Wildman–Crippen LogP) is 2.35. The number of methoxy groups -OCH3 is 1. The molecule has 3 nitrogen and oxygen atoms in total. The molecule has 1 aromatic carbocycles. The molecule has 18 heavy (non-hydrogen) atoms. The lowest BCUT2D eigenvalue weighted by Crippen LogP contribution is -2.41. The first-order chi connectivity index (χ1) is 8.60. The molecular weight excluding hydrogens is 224 g/mol. The fourth-order valence-corrected chi connectivity index (χ4v) is 2.40. The standard InChI is InChI=1S/C15H26N2O/c1-5-17(9-10-18-4)15(13(3)16)14-8-6-7-12(2)11-14/h6-8,11,13,15H,5,9-10,16H2,1-4H3. The lowest BCUT2D eigenvalue weighted by molar-refractivity contribution is 0.115. The maximum Gasteiger partial charge on any atom is 0.0589 e. The zero-order valence-corrected chi connectivity index (χ0v) is 12.0. The third kappa shape index (κ3) is 4.09. The Bertz CT molecular complexity index is 352. The van der Waals surface area contributed by atoms with E-state index in [1.165, 1.54) is 11.1 Å². The van der Waals surface area contributed by atoms with Crippen molar-refractivity contribution in [3.63, 3.8) is 0 Å². The zero-order chi connectivity index (χ0) is 13.5. The number of ether oxygens (including phenoxy) is 1. The van der Waals surface area contributed by atoms with Gasteiger partial charge in [-0.3, -0.25) is 4.90 Å². The topological polar surface area (TPSA) is 38.5 Å². The molecule has 0 saturated heterocycles. The smallest absolute Gasteiger partial charge is 0.0589 e. The van der Waals surface area contributed by atoms with Crippen LogP contribution >= 0.6 is 0 Å². The molecule has 0 aliphatic heterocycles. The average Bonchev–Trinajstić information content (AvgIpc) is 2.33. The highest BCUT2D eigenvalue weighted by atomic mass is 16.5. The number of likely N-dealkylation sites (N-methyl/N-ethyl adjacent to an activating group) is 1. The molecule has 2 N–H and O–H groups in total. The number of aryl methyl sites for hydroxylation is 1. The van der Waals surface area contributed by atoms with Crippen LogP contribution in [0, 0.1) is 6.92 Å². The van der Waals surface area contributed by atoms with Crippen LogP contribution in [0.4, 0.5) is 0 Å². The first kappa shape index (κ1) is 15.2. The van der Waals surface area contributed by atoms with Crippen molar-refractivity contribution in [3.05, 3.63) is 35.4 Å². The second kappa shape index (κ2) is 7.52. The summed E-state index contributed by atoms with van der Waals surface area (Å²) in [7, 11) is 1.74. The van der Waals surface area contributed by atoms with E-state index in [0.717, 1.165) is 19.7 Å². The third-order valence-corrected chi connectivity index (χ3v) is 3.26. The van der Waals surface area contributed by atoms with E-state index < -0.39 is 0 Å². The van der Waals surface area contributed by atoms with Crippen molar-refractivity contribution in [1.29, 1.82) is 0 Å². The van der Waals surface area contributed by atoms with Crippen LogP contribution in [-0.2, 0) is 4.74 Å². The van der Waals surface area contributed by atoms with Crippen molar-refractivity contribution in [2.45, 2.75) is 32.9 Å². The lowest BCUT2D eigenvalue weighted by Gasteiger charge is -2.33. The average molecular weight is 250 g/mol. The number of nitrogens with two attached hydrogens (primary N) is 1. The van der Waals surface area contributed by atoms with Crippen LogP contribution in [0.5, 0.6) is 0 Å². The molecule has 2 unspecified atom stereocenters. The highest BCUT2D eigenvalue weighted by Gasteiger charge is 2.22. The van der Waals surface area contributed by atoms with Crippen LogP contribution in [0.2, 0.25) is 0 Å². The van der Waals surface area contributed by atoms with Gasteiger partial charge in [0.25, 0.3) is 0 Å². The van der Waals surface area contributed by atoms with Crippen molar-refractivity contribution in [2.75, 3.05) is 26.8 Å². The van der Waals surface area contributed by atoms with Crippen molar-refractivity contribution < 1.29 is 4.74 Å². The first-order valence-electron chi connectivity index (χ1n) is 6.65. The molecular formula is C15H26N2O. The van der Waals surface area contributed by atoms with Gasteiger partial charge >= 0.3 is 0 Å². The summed E-state index contributed by atoms with van der Waals surface area (Å²) in [6, 6.07) is 8.96. The molecule has 0 saturated carbocycles. The summed E-state index contributed by atoms with van der Waals surface area (Å²) in [6.07, 6.45) is 0. The van der Waals surface area contributed by atoms with E-state index in [-0.39, 0.29) is 12.1 Å². The number of nitrogens with zero attached hydrogens (tertiary/aromatic N) is 1. The van der Waals surface area contributed by atoms with E-state index in [1.54, 1.807) is 7.11 Å². The van der Waals surface area contributed by atoms with Gasteiger partial charge in [-0.2, -0.15) is 0 Å². The molecule has 1 rings (SSSR count). The largest absolute Gasteiger partial charge is 0.383 e. The minimum absolute atomic E-state index is 0.101. The van der Waals surface area contributed by atoms with Gasteiger partial charge in [0.15, 0.2) is 0 Å². The maximum atomic E-state index is 6.18. The summed E-state index contributed by atoms with van der Waals surface area (Å²) in [5.74, 6) is 0. The van der Waals surface area contributed by atoms with E-state index in [4.69, 9.17) is 10.5 Å². The van der Waals surface area contributed by atoms with E-state index in [9.17, 15) is 0 Å². The quantitative estimate of drug-likeness (QED) is 0.807. The minimum atomic E-state index is 0.101. The van der Waals surface area contributed by atoms with Crippen molar-refractivity contribution in [2.24, 2.45) is 5.73 Å². The van der Waals surface area contributed by atoms with E-state index in [1.807, 2.05) is 0 Å². The van der Waals surface area contributed by atoms with E-state index in [2.05, 4.69) is 49.9 Å². The van der Waals surface area contributed by atoms with Crippen LogP contribution in [0.1, 0.15) is 31.0 Å². The summed E-state index contributed by atoms with van der Waals surface area (Å²) in [6.45, 7) is 8.98. The molecule has 0 aliphatic carbocycles. The summed E-state index contributed by atoms with van der Waals surface area (Å²) in [4.78, 5) is 2.38. The molecule has 0 bridgehead atoms. The van der Waals surface area contributed by atoms with Crippen molar-refractivity contribution in [3.8, 4) is 0 Å². The second-order valence-electron chi connectivity index (χ2n) is 4.84. The Morgan fingerprint density at radius 1 is 1.39 bits per heavy atom. The van der Waals surface area contributed by atoms with Gasteiger partial charge < -0.3 is 10.5 Å². The minimum Gasteiger partial charge on any atom is -0.383 e. The van der Waals surface area contributed by atoms with Gasteiger partial charge in [0, 0.05) is 25.7 Å². The van der Waals surface area contributed by atoms with E-state index >= 15 is 0 Å². The molecule has 102 valence electrons. The Hall–Kier alpha value is -0.900. The number of hydrogen-bond acceptors (Lipinski definition) is 3.